The van der Waals surface area contributed by atoms with Gasteiger partial charge in [-0.1, -0.05) is 13.0 Å². The van der Waals surface area contributed by atoms with Gasteiger partial charge in [0, 0.05) is 17.1 Å². The van der Waals surface area contributed by atoms with Crippen LogP contribution in [0.4, 0.5) is 5.69 Å². The Balaban J connectivity index is 2.72. The predicted molar refractivity (Wildman–Crippen MR) is 70.0 cm³/mol. The van der Waals surface area contributed by atoms with Gasteiger partial charge in [-0.15, -0.1) is 0 Å². The minimum absolute atomic E-state index is 0.187. The lowest BCUT2D eigenvalue weighted by Gasteiger charge is -2.11. The summed E-state index contributed by atoms with van der Waals surface area (Å²) in [6.45, 7) is 4.24. The van der Waals surface area contributed by atoms with E-state index in [0.717, 1.165) is 6.42 Å². The van der Waals surface area contributed by atoms with Crippen LogP contribution in [0.15, 0.2) is 29.2 Å². The molecule has 0 fully saturated rings. The third-order valence-electron chi connectivity index (χ3n) is 2.33. The average Bonchev–Trinajstić information content (AvgIpc) is 2.34. The number of nitrogens with one attached hydrogen (secondary N) is 1. The first-order valence-corrected chi connectivity index (χ1v) is 6.81. The van der Waals surface area contributed by atoms with Gasteiger partial charge >= 0.3 is 0 Å². The second kappa shape index (κ2) is 6.39. The van der Waals surface area contributed by atoms with Crippen molar-refractivity contribution in [1.82, 2.24) is 5.32 Å². The average molecular weight is 254 g/mol. The molecule has 0 spiro atoms. The second-order valence-corrected chi connectivity index (χ2v) is 5.58. The molecule has 0 saturated carbocycles. The zero-order valence-corrected chi connectivity index (χ0v) is 10.9. The highest BCUT2D eigenvalue weighted by Crippen LogP contribution is 2.14. The molecule has 4 nitrogen and oxygen atoms in total. The van der Waals surface area contributed by atoms with Gasteiger partial charge < -0.3 is 11.1 Å². The molecule has 1 rings (SSSR count). The first-order valence-electron chi connectivity index (χ1n) is 5.60. The van der Waals surface area contributed by atoms with Gasteiger partial charge in [0.05, 0.1) is 10.8 Å². The van der Waals surface area contributed by atoms with Crippen molar-refractivity contribution in [3.63, 3.8) is 0 Å². The Morgan fingerprint density at radius 3 is 2.82 bits per heavy atom. The van der Waals surface area contributed by atoms with Crippen LogP contribution in [-0.2, 0) is 15.6 Å². The Labute approximate surface area is 104 Å². The third-order valence-corrected chi connectivity index (χ3v) is 3.90. The fraction of sp³-hybridized carbons (Fsp3) is 0.417. The smallest absolute Gasteiger partial charge is 0.235 e. The predicted octanol–water partition coefficient (Wildman–Crippen LogP) is 1.29. The molecule has 2 unspecified atom stereocenters. The van der Waals surface area contributed by atoms with E-state index in [1.807, 2.05) is 6.92 Å². The fourth-order valence-corrected chi connectivity index (χ4v) is 2.48. The van der Waals surface area contributed by atoms with Crippen molar-refractivity contribution < 1.29 is 9.00 Å². The molecule has 94 valence electrons. The van der Waals surface area contributed by atoms with Crippen molar-refractivity contribution in [2.24, 2.45) is 0 Å². The number of hydrogen-bond donors (Lipinski definition) is 2. The summed E-state index contributed by atoms with van der Waals surface area (Å²) in [4.78, 5) is 12.3. The van der Waals surface area contributed by atoms with Crippen LogP contribution in [0.5, 0.6) is 0 Å². The molecule has 5 heteroatoms. The van der Waals surface area contributed by atoms with Crippen molar-refractivity contribution in [2.75, 3.05) is 12.3 Å². The van der Waals surface area contributed by atoms with Crippen LogP contribution in [0, 0.1) is 0 Å². The number of amides is 1. The summed E-state index contributed by atoms with van der Waals surface area (Å²) in [5.74, 6) is -0.187. The largest absolute Gasteiger partial charge is 0.399 e. The summed E-state index contributed by atoms with van der Waals surface area (Å²) in [6, 6.07) is 6.82. The zero-order chi connectivity index (χ0) is 12.8. The molecular formula is C12H18N2O2S. The molecule has 3 N–H and O–H groups in total. The molecule has 0 heterocycles. The highest BCUT2D eigenvalue weighted by molar-refractivity contribution is 7.86. The van der Waals surface area contributed by atoms with E-state index < -0.39 is 16.0 Å². The van der Waals surface area contributed by atoms with Crippen LogP contribution in [0.2, 0.25) is 0 Å². The highest BCUT2D eigenvalue weighted by Gasteiger charge is 2.20. The van der Waals surface area contributed by atoms with Gasteiger partial charge in [0.15, 0.2) is 0 Å². The van der Waals surface area contributed by atoms with Gasteiger partial charge in [-0.05, 0) is 31.5 Å². The summed E-state index contributed by atoms with van der Waals surface area (Å²) in [5.41, 5.74) is 6.17. The normalized spacial score (nSPS) is 14.0. The molecule has 1 aromatic rings. The van der Waals surface area contributed by atoms with Crippen LogP contribution < -0.4 is 11.1 Å². The Kier molecular flexibility index (Phi) is 5.15. The van der Waals surface area contributed by atoms with Gasteiger partial charge in [-0.3, -0.25) is 9.00 Å². The highest BCUT2D eigenvalue weighted by atomic mass is 32.2. The van der Waals surface area contributed by atoms with E-state index in [4.69, 9.17) is 5.73 Å². The Bertz CT molecular complexity index is 421. The maximum absolute atomic E-state index is 12.1. The topological polar surface area (TPSA) is 72.2 Å². The molecule has 0 aliphatic rings. The van der Waals surface area contributed by atoms with E-state index in [9.17, 15) is 9.00 Å². The lowest BCUT2D eigenvalue weighted by atomic mass is 10.3. The number of carbonyl (C=O) groups is 1. The number of anilines is 1. The van der Waals surface area contributed by atoms with Crippen LogP contribution in [0.1, 0.15) is 20.3 Å². The molecule has 0 bridgehead atoms. The maximum Gasteiger partial charge on any atom is 0.235 e. The quantitative estimate of drug-likeness (QED) is 0.778. The number of benzene rings is 1. The molecule has 0 aliphatic carbocycles. The lowest BCUT2D eigenvalue weighted by molar-refractivity contribution is -0.120. The molecule has 0 saturated heterocycles. The van der Waals surface area contributed by atoms with Crippen molar-refractivity contribution >= 4 is 22.4 Å². The van der Waals surface area contributed by atoms with E-state index in [1.165, 1.54) is 0 Å². The van der Waals surface area contributed by atoms with Crippen LogP contribution in [0.3, 0.4) is 0 Å². The minimum Gasteiger partial charge on any atom is -0.399 e. The van der Waals surface area contributed by atoms with E-state index in [0.29, 0.717) is 17.1 Å². The number of rotatable bonds is 5. The summed E-state index contributed by atoms with van der Waals surface area (Å²) in [7, 11) is -1.36. The second-order valence-electron chi connectivity index (χ2n) is 3.80. The monoisotopic (exact) mass is 254 g/mol. The SMILES string of the molecule is CCCNC(=O)C(C)S(=O)c1cccc(N)c1. The van der Waals surface area contributed by atoms with Gasteiger partial charge in [-0.2, -0.15) is 0 Å². The minimum atomic E-state index is -1.36. The van der Waals surface area contributed by atoms with Gasteiger partial charge in [-0.25, -0.2) is 0 Å². The summed E-state index contributed by atoms with van der Waals surface area (Å²) in [5, 5.41) is 2.17. The van der Waals surface area contributed by atoms with Gasteiger partial charge in [0.1, 0.15) is 5.25 Å². The molecule has 0 aromatic heterocycles. The molecule has 2 atom stereocenters. The number of carbonyl (C=O) groups excluding carboxylic acids is 1. The summed E-state index contributed by atoms with van der Waals surface area (Å²) >= 11 is 0. The zero-order valence-electron chi connectivity index (χ0n) is 10.1. The first kappa shape index (κ1) is 13.7. The van der Waals surface area contributed by atoms with E-state index in [1.54, 1.807) is 31.2 Å². The van der Waals surface area contributed by atoms with Crippen molar-refractivity contribution in [3.8, 4) is 0 Å². The van der Waals surface area contributed by atoms with Crippen LogP contribution in [0.25, 0.3) is 0 Å². The molecule has 1 aromatic carbocycles. The summed E-state index contributed by atoms with van der Waals surface area (Å²) < 4.78 is 12.1. The van der Waals surface area contributed by atoms with E-state index in [2.05, 4.69) is 5.32 Å². The Hall–Kier alpha value is -1.36. The molecular weight excluding hydrogens is 236 g/mol. The van der Waals surface area contributed by atoms with Crippen molar-refractivity contribution in [3.05, 3.63) is 24.3 Å². The number of hydrogen-bond acceptors (Lipinski definition) is 3. The summed E-state index contributed by atoms with van der Waals surface area (Å²) in [6.07, 6.45) is 0.864. The molecule has 1 amide bonds. The fourth-order valence-electron chi connectivity index (χ4n) is 1.33. The van der Waals surface area contributed by atoms with Gasteiger partial charge in [0.2, 0.25) is 5.91 Å². The van der Waals surface area contributed by atoms with E-state index in [-0.39, 0.29) is 5.91 Å². The van der Waals surface area contributed by atoms with Gasteiger partial charge in [0.25, 0.3) is 0 Å². The third kappa shape index (κ3) is 3.85. The Morgan fingerprint density at radius 2 is 2.24 bits per heavy atom. The van der Waals surface area contributed by atoms with Crippen molar-refractivity contribution in [2.45, 2.75) is 30.4 Å². The first-order chi connectivity index (χ1) is 8.06. The lowest BCUT2D eigenvalue weighted by Crippen LogP contribution is -2.35. The number of nitrogen functional groups attached to an aromatic ring is 1. The van der Waals surface area contributed by atoms with Crippen LogP contribution in [-0.4, -0.2) is 21.9 Å². The Morgan fingerprint density at radius 1 is 1.53 bits per heavy atom. The molecule has 17 heavy (non-hydrogen) atoms. The number of nitrogens with two attached hydrogens (primary N) is 1. The maximum atomic E-state index is 12.1. The molecule has 0 radical (unpaired) electrons. The standard InChI is InChI=1S/C12H18N2O2S/c1-3-7-14-12(15)9(2)17(16)11-6-4-5-10(13)8-11/h4-6,8-9H,3,7,13H2,1-2H3,(H,14,15). The van der Waals surface area contributed by atoms with Crippen LogP contribution >= 0.6 is 0 Å². The van der Waals surface area contributed by atoms with E-state index >= 15 is 0 Å². The van der Waals surface area contributed by atoms with Crippen molar-refractivity contribution in [1.29, 1.82) is 0 Å². The molecule has 0 aliphatic heterocycles.